The van der Waals surface area contributed by atoms with Gasteiger partial charge in [0, 0.05) is 0 Å². The molecule has 7 fully saturated rings. The van der Waals surface area contributed by atoms with Crippen LogP contribution in [-0.2, 0) is 61.6 Å². The third-order valence-corrected chi connectivity index (χ3v) is 12.0. The number of hydrogen-bond acceptors (Lipinski definition) is 29. The monoisotopic (exact) mass is 942 g/mol. The fourth-order valence-corrected chi connectivity index (χ4v) is 8.05. The van der Waals surface area contributed by atoms with Gasteiger partial charge in [-0.2, -0.15) is 0 Å². The third kappa shape index (κ3) is 10.5. The molecule has 0 bridgehead atoms. The molecular formula is C35H58O29. The van der Waals surface area contributed by atoms with Crippen LogP contribution in [-0.4, -0.2) is 300 Å². The van der Waals surface area contributed by atoms with Crippen molar-refractivity contribution in [3.8, 4) is 0 Å². The summed E-state index contributed by atoms with van der Waals surface area (Å²) in [6.45, 7) is -4.14. The smallest absolute Gasteiger partial charge is 0.187 e. The lowest BCUT2D eigenvalue weighted by molar-refractivity contribution is -0.383. The van der Waals surface area contributed by atoms with Crippen LogP contribution in [0.5, 0.6) is 0 Å². The lowest BCUT2D eigenvalue weighted by atomic mass is 10.0. The quantitative estimate of drug-likeness (QED) is 0.0769. The van der Waals surface area contributed by atoms with E-state index in [4.69, 9.17) is 61.6 Å². The Bertz CT molecular complexity index is 1460. The van der Waals surface area contributed by atoms with Gasteiger partial charge in [-0.15, -0.1) is 0 Å². The lowest BCUT2D eigenvalue weighted by Gasteiger charge is -2.47. The van der Waals surface area contributed by atoms with E-state index in [1.165, 1.54) is 0 Å². The molecule has 7 aliphatic rings. The van der Waals surface area contributed by atoms with Crippen LogP contribution in [0.1, 0.15) is 0 Å². The molecule has 28 atom stereocenters. The standard InChI is InChI=1S/C35H58O29/c36-1-9-16(40)25(49)33(57-9)63-27-14(62-30-22(46)15(39)8(38)3-53-30)7-56-35(28(27)64-34-26(50)17(41)10(2-37)58-34)61-13-6-55-32(24(48)20(13)44)60-12-5-54-31(23(47)19(12)43)59-11-4-52-29(51)21(45)18(11)42/h8-51H,1-7H2/t8-,9+,10+,11-,12-,13-,14-,15+,16-,17-,18+,19+,20+,21?,22?,23?,24?,25?,26?,27+,28?,29-,30+,31+,32-,33+,34+,35+/m1/s1. The Balaban J connectivity index is 1.05. The molecule has 7 unspecified atom stereocenters. The van der Waals surface area contributed by atoms with E-state index < -0.39 is 218 Å². The van der Waals surface area contributed by atoms with E-state index in [9.17, 15) is 81.7 Å². The van der Waals surface area contributed by atoms with E-state index in [2.05, 4.69) is 0 Å². The molecule has 7 aliphatic heterocycles. The molecule has 7 heterocycles. The highest BCUT2D eigenvalue weighted by Crippen LogP contribution is 2.36. The van der Waals surface area contributed by atoms with Crippen molar-refractivity contribution in [1.29, 1.82) is 0 Å². The number of rotatable bonds is 14. The van der Waals surface area contributed by atoms with Gasteiger partial charge in [-0.05, 0) is 0 Å². The Morgan fingerprint density at radius 2 is 0.672 bits per heavy atom. The molecule has 0 aliphatic carbocycles. The summed E-state index contributed by atoms with van der Waals surface area (Å²) in [6.07, 6.45) is -46.9. The Morgan fingerprint density at radius 1 is 0.312 bits per heavy atom. The van der Waals surface area contributed by atoms with Crippen LogP contribution in [0.2, 0.25) is 0 Å². The van der Waals surface area contributed by atoms with Crippen LogP contribution in [0.4, 0.5) is 0 Å². The summed E-state index contributed by atoms with van der Waals surface area (Å²) in [5.74, 6) is 0. The van der Waals surface area contributed by atoms with Gasteiger partial charge in [0.1, 0.15) is 128 Å². The molecule has 7 rings (SSSR count). The molecular weight excluding hydrogens is 884 g/mol. The van der Waals surface area contributed by atoms with Gasteiger partial charge >= 0.3 is 0 Å². The normalized spacial score (nSPS) is 54.0. The second kappa shape index (κ2) is 21.6. The molecule has 0 aromatic rings. The maximum atomic E-state index is 11.3. The van der Waals surface area contributed by atoms with Crippen molar-refractivity contribution in [3.05, 3.63) is 0 Å². The third-order valence-electron chi connectivity index (χ3n) is 12.0. The summed E-state index contributed by atoms with van der Waals surface area (Å²) in [5, 5.41) is 167. The molecule has 0 aromatic heterocycles. The lowest BCUT2D eigenvalue weighted by Crippen LogP contribution is -2.64. The van der Waals surface area contributed by atoms with Gasteiger partial charge in [0.05, 0.1) is 46.2 Å². The van der Waals surface area contributed by atoms with E-state index in [0.717, 1.165) is 0 Å². The SMILES string of the molecule is OC[C@@H]1O[C@@H](OC2[C@H](O[C@@H]3CO[C@H](O[C@@H]4CO[C@@H](O[C@@H]5CO[C@@H](O)C(O)[C@H]5O)C(O)[C@H]4O)C(O)[C@H]3O)OC[C@@H](O[C@@H]3OC[C@@H](O)[C@H](O)C3O)[C@@H]2O[C@@H]2O[C@@H](CO)[C@@H](O)C2O)C(O)[C@@H]1O. The molecule has 0 spiro atoms. The van der Waals surface area contributed by atoms with Gasteiger partial charge in [0.25, 0.3) is 0 Å². The molecule has 0 saturated carbocycles. The van der Waals surface area contributed by atoms with Gasteiger partial charge in [-0.3, -0.25) is 0 Å². The molecule has 0 amide bonds. The van der Waals surface area contributed by atoms with Crippen LogP contribution < -0.4 is 0 Å². The summed E-state index contributed by atoms with van der Waals surface area (Å²) < 4.78 is 73.6. The van der Waals surface area contributed by atoms with E-state index in [-0.39, 0.29) is 0 Å². The number of hydrogen-bond donors (Lipinski definition) is 16. The number of ether oxygens (including phenoxy) is 13. The first-order chi connectivity index (χ1) is 30.4. The maximum Gasteiger partial charge on any atom is 0.187 e. The summed E-state index contributed by atoms with van der Waals surface area (Å²) in [7, 11) is 0. The average molecular weight is 943 g/mol. The van der Waals surface area contributed by atoms with E-state index in [1.807, 2.05) is 0 Å². The van der Waals surface area contributed by atoms with Gasteiger partial charge in [-0.1, -0.05) is 0 Å². The zero-order valence-electron chi connectivity index (χ0n) is 33.6. The predicted octanol–water partition coefficient (Wildman–Crippen LogP) is -11.8. The highest BCUT2D eigenvalue weighted by molar-refractivity contribution is 4.97. The topological polar surface area (TPSA) is 444 Å². The highest BCUT2D eigenvalue weighted by Gasteiger charge is 2.56. The molecule has 7 saturated heterocycles. The largest absolute Gasteiger partial charge is 0.394 e. The minimum absolute atomic E-state index is 0.404. The Kier molecular flexibility index (Phi) is 17.1. The van der Waals surface area contributed by atoms with E-state index in [1.54, 1.807) is 0 Å². The van der Waals surface area contributed by atoms with Crippen molar-refractivity contribution in [2.24, 2.45) is 0 Å². The predicted molar refractivity (Wildman–Crippen MR) is 190 cm³/mol. The van der Waals surface area contributed by atoms with E-state index >= 15 is 0 Å². The van der Waals surface area contributed by atoms with Crippen LogP contribution in [0.15, 0.2) is 0 Å². The number of aliphatic hydroxyl groups excluding tert-OH is 16. The Morgan fingerprint density at radius 3 is 1.16 bits per heavy atom. The first-order valence-corrected chi connectivity index (χ1v) is 20.5. The van der Waals surface area contributed by atoms with Crippen LogP contribution in [0.25, 0.3) is 0 Å². The van der Waals surface area contributed by atoms with Gasteiger partial charge < -0.3 is 143 Å². The molecule has 0 radical (unpaired) electrons. The van der Waals surface area contributed by atoms with Gasteiger partial charge in [-0.25, -0.2) is 0 Å². The van der Waals surface area contributed by atoms with Gasteiger partial charge in [0.2, 0.25) is 0 Å². The van der Waals surface area contributed by atoms with E-state index in [0.29, 0.717) is 0 Å². The second-order valence-electron chi connectivity index (χ2n) is 16.3. The van der Waals surface area contributed by atoms with Gasteiger partial charge in [0.15, 0.2) is 44.0 Å². The number of aliphatic hydroxyl groups is 16. The van der Waals surface area contributed by atoms with Crippen molar-refractivity contribution in [1.82, 2.24) is 0 Å². The zero-order chi connectivity index (χ0) is 46.3. The fraction of sp³-hybridized carbons (Fsp3) is 1.00. The summed E-state index contributed by atoms with van der Waals surface area (Å²) in [5.41, 5.74) is 0. The van der Waals surface area contributed by atoms with Crippen molar-refractivity contribution < 1.29 is 143 Å². The van der Waals surface area contributed by atoms with Crippen LogP contribution >= 0.6 is 0 Å². The molecule has 372 valence electrons. The van der Waals surface area contributed by atoms with Crippen molar-refractivity contribution in [2.75, 3.05) is 46.2 Å². The van der Waals surface area contributed by atoms with Crippen molar-refractivity contribution >= 4 is 0 Å². The molecule has 64 heavy (non-hydrogen) atoms. The molecule has 29 heteroatoms. The van der Waals surface area contributed by atoms with Crippen LogP contribution in [0, 0.1) is 0 Å². The zero-order valence-corrected chi connectivity index (χ0v) is 33.6. The van der Waals surface area contributed by atoms with Crippen LogP contribution in [0.3, 0.4) is 0 Å². The Labute approximate surface area is 361 Å². The minimum atomic E-state index is -1.96. The molecule has 0 aromatic carbocycles. The fourth-order valence-electron chi connectivity index (χ4n) is 8.05. The first kappa shape index (κ1) is 50.7. The summed E-state index contributed by atoms with van der Waals surface area (Å²) >= 11 is 0. The molecule has 16 N–H and O–H groups in total. The first-order valence-electron chi connectivity index (χ1n) is 20.5. The Hall–Kier alpha value is -1.16. The minimum Gasteiger partial charge on any atom is -0.394 e. The second-order valence-corrected chi connectivity index (χ2v) is 16.3. The summed E-state index contributed by atoms with van der Waals surface area (Å²) in [4.78, 5) is 0. The average Bonchev–Trinajstić information content (AvgIpc) is 3.71. The van der Waals surface area contributed by atoms with Crippen molar-refractivity contribution in [3.63, 3.8) is 0 Å². The summed E-state index contributed by atoms with van der Waals surface area (Å²) in [6, 6.07) is 0. The highest BCUT2D eigenvalue weighted by atomic mass is 16.8. The van der Waals surface area contributed by atoms with Crippen molar-refractivity contribution in [2.45, 2.75) is 172 Å². The maximum absolute atomic E-state index is 11.3. The molecule has 29 nitrogen and oxygen atoms in total.